The summed E-state index contributed by atoms with van der Waals surface area (Å²) in [6.07, 6.45) is 13.4. The van der Waals surface area contributed by atoms with Crippen LogP contribution in [0.25, 0.3) is 11.4 Å². The van der Waals surface area contributed by atoms with E-state index >= 15 is 0 Å². The summed E-state index contributed by atoms with van der Waals surface area (Å²) in [6.45, 7) is 4.55. The van der Waals surface area contributed by atoms with Crippen molar-refractivity contribution in [1.82, 2.24) is 9.97 Å². The summed E-state index contributed by atoms with van der Waals surface area (Å²) >= 11 is 0. The summed E-state index contributed by atoms with van der Waals surface area (Å²) in [5.74, 6) is 1.37. The van der Waals surface area contributed by atoms with E-state index < -0.39 is 0 Å². The fraction of sp³-hybridized carbons (Fsp3) is 0.500. The van der Waals surface area contributed by atoms with Gasteiger partial charge < -0.3 is 0 Å². The number of benzene rings is 1. The van der Waals surface area contributed by atoms with E-state index in [9.17, 15) is 0 Å². The summed E-state index contributed by atoms with van der Waals surface area (Å²) in [4.78, 5) is 9.06. The molecule has 1 heterocycles. The second-order valence-corrected chi connectivity index (χ2v) is 6.16. The van der Waals surface area contributed by atoms with Gasteiger partial charge in [0.1, 0.15) is 0 Å². The van der Waals surface area contributed by atoms with Crippen molar-refractivity contribution in [3.8, 4) is 11.4 Å². The minimum atomic E-state index is 0.552. The third kappa shape index (κ3) is 5.25. The first-order valence-electron chi connectivity index (χ1n) is 8.68. The van der Waals surface area contributed by atoms with Crippen LogP contribution in [0, 0.1) is 0 Å². The number of hydrogen-bond donors (Lipinski definition) is 0. The van der Waals surface area contributed by atoms with Gasteiger partial charge in [0.05, 0.1) is 0 Å². The van der Waals surface area contributed by atoms with Crippen molar-refractivity contribution in [2.75, 3.05) is 0 Å². The lowest BCUT2D eigenvalue weighted by Gasteiger charge is -2.11. The topological polar surface area (TPSA) is 25.8 Å². The quantitative estimate of drug-likeness (QED) is 0.530. The summed E-state index contributed by atoms with van der Waals surface area (Å²) in [6, 6.07) is 10.2. The van der Waals surface area contributed by atoms with Crippen molar-refractivity contribution in [1.29, 1.82) is 0 Å². The first-order valence-corrected chi connectivity index (χ1v) is 8.68. The molecule has 0 saturated heterocycles. The molecule has 0 bridgehead atoms. The van der Waals surface area contributed by atoms with Gasteiger partial charge >= 0.3 is 0 Å². The maximum Gasteiger partial charge on any atom is 0.159 e. The van der Waals surface area contributed by atoms with Crippen molar-refractivity contribution in [2.24, 2.45) is 0 Å². The Morgan fingerprint density at radius 3 is 2.18 bits per heavy atom. The molecule has 2 rings (SSSR count). The lowest BCUT2D eigenvalue weighted by Crippen LogP contribution is -1.98. The second kappa shape index (κ2) is 9.34. The van der Waals surface area contributed by atoms with Crippen molar-refractivity contribution in [2.45, 2.75) is 64.7 Å². The Hall–Kier alpha value is -1.70. The summed E-state index contributed by atoms with van der Waals surface area (Å²) in [7, 11) is 0. The molecule has 2 nitrogen and oxygen atoms in total. The zero-order valence-corrected chi connectivity index (χ0v) is 14.0. The van der Waals surface area contributed by atoms with Crippen LogP contribution in [0.2, 0.25) is 0 Å². The highest BCUT2D eigenvalue weighted by Crippen LogP contribution is 2.22. The average Bonchev–Trinajstić information content (AvgIpc) is 2.59. The largest absolute Gasteiger partial charge is 0.236 e. The molecule has 1 unspecified atom stereocenters. The number of nitrogens with zero attached hydrogens (tertiary/aromatic N) is 2. The molecule has 0 fully saturated rings. The van der Waals surface area contributed by atoms with Gasteiger partial charge in [-0.05, 0) is 17.9 Å². The molecule has 2 aromatic rings. The minimum absolute atomic E-state index is 0.552. The zero-order valence-electron chi connectivity index (χ0n) is 14.0. The van der Waals surface area contributed by atoms with Crippen molar-refractivity contribution in [3.63, 3.8) is 0 Å². The molecule has 1 aromatic heterocycles. The maximum atomic E-state index is 4.53. The van der Waals surface area contributed by atoms with Crippen LogP contribution in [0.4, 0.5) is 0 Å². The van der Waals surface area contributed by atoms with Gasteiger partial charge in [0, 0.05) is 18.0 Å². The normalized spacial score (nSPS) is 12.3. The molecule has 0 saturated carbocycles. The standard InChI is InChI=1S/C20H28N2/c1-3-4-5-6-7-9-12-17(2)19-15-21-20(22-16-19)18-13-10-8-11-14-18/h8,10-11,13-17H,3-7,9,12H2,1-2H3. The first kappa shape index (κ1) is 16.7. The molecule has 0 spiro atoms. The van der Waals surface area contributed by atoms with Crippen LogP contribution < -0.4 is 0 Å². The first-order chi connectivity index (χ1) is 10.8. The predicted octanol–water partition coefficient (Wildman–Crippen LogP) is 6.00. The zero-order chi connectivity index (χ0) is 15.6. The Balaban J connectivity index is 1.80. The van der Waals surface area contributed by atoms with Gasteiger partial charge in [-0.15, -0.1) is 0 Å². The third-order valence-electron chi connectivity index (χ3n) is 4.26. The van der Waals surface area contributed by atoms with Gasteiger partial charge in [0.2, 0.25) is 0 Å². The smallest absolute Gasteiger partial charge is 0.159 e. The van der Waals surface area contributed by atoms with Crippen molar-refractivity contribution < 1.29 is 0 Å². The molecule has 1 aromatic carbocycles. The Kier molecular flexibility index (Phi) is 7.08. The lowest BCUT2D eigenvalue weighted by molar-refractivity contribution is 0.555. The molecular weight excluding hydrogens is 268 g/mol. The van der Waals surface area contributed by atoms with E-state index in [0.717, 1.165) is 11.4 Å². The van der Waals surface area contributed by atoms with Gasteiger partial charge in [0.15, 0.2) is 5.82 Å². The number of unbranched alkanes of at least 4 members (excludes halogenated alkanes) is 5. The molecule has 1 atom stereocenters. The molecule has 0 radical (unpaired) electrons. The van der Waals surface area contributed by atoms with E-state index in [1.807, 2.05) is 30.6 Å². The summed E-state index contributed by atoms with van der Waals surface area (Å²) in [5.41, 5.74) is 2.34. The van der Waals surface area contributed by atoms with E-state index in [1.54, 1.807) is 0 Å². The molecule has 0 amide bonds. The molecule has 0 N–H and O–H groups in total. The van der Waals surface area contributed by atoms with E-state index in [0.29, 0.717) is 5.92 Å². The van der Waals surface area contributed by atoms with Crippen molar-refractivity contribution >= 4 is 0 Å². The van der Waals surface area contributed by atoms with Crippen LogP contribution >= 0.6 is 0 Å². The monoisotopic (exact) mass is 296 g/mol. The number of hydrogen-bond acceptors (Lipinski definition) is 2. The fourth-order valence-corrected chi connectivity index (χ4v) is 2.73. The lowest BCUT2D eigenvalue weighted by atomic mass is 9.97. The maximum absolute atomic E-state index is 4.53. The molecular formula is C20H28N2. The van der Waals surface area contributed by atoms with Crippen LogP contribution in [0.5, 0.6) is 0 Å². The number of aromatic nitrogens is 2. The van der Waals surface area contributed by atoms with Crippen LogP contribution in [0.15, 0.2) is 42.7 Å². The Morgan fingerprint density at radius 2 is 1.50 bits per heavy atom. The van der Waals surface area contributed by atoms with Gasteiger partial charge in [-0.1, -0.05) is 82.7 Å². The molecule has 118 valence electrons. The van der Waals surface area contributed by atoms with E-state index in [4.69, 9.17) is 0 Å². The fourth-order valence-electron chi connectivity index (χ4n) is 2.73. The molecule has 0 aliphatic heterocycles. The van der Waals surface area contributed by atoms with Crippen LogP contribution in [0.3, 0.4) is 0 Å². The summed E-state index contributed by atoms with van der Waals surface area (Å²) < 4.78 is 0. The van der Waals surface area contributed by atoms with E-state index in [1.165, 1.54) is 50.5 Å². The predicted molar refractivity (Wildman–Crippen MR) is 93.9 cm³/mol. The number of rotatable bonds is 9. The second-order valence-electron chi connectivity index (χ2n) is 6.16. The van der Waals surface area contributed by atoms with Gasteiger partial charge in [-0.2, -0.15) is 0 Å². The molecule has 2 heteroatoms. The third-order valence-corrected chi connectivity index (χ3v) is 4.26. The SMILES string of the molecule is CCCCCCCCC(C)c1cnc(-c2ccccc2)nc1. The van der Waals surface area contributed by atoms with Crippen LogP contribution in [-0.4, -0.2) is 9.97 Å². The average molecular weight is 296 g/mol. The Bertz CT molecular complexity index is 519. The Labute approximate surface area is 135 Å². The van der Waals surface area contributed by atoms with Gasteiger partial charge in [-0.25, -0.2) is 9.97 Å². The van der Waals surface area contributed by atoms with E-state index in [2.05, 4.69) is 35.9 Å². The highest BCUT2D eigenvalue weighted by atomic mass is 14.9. The van der Waals surface area contributed by atoms with Crippen LogP contribution in [0.1, 0.15) is 70.3 Å². The highest BCUT2D eigenvalue weighted by molar-refractivity contribution is 5.54. The minimum Gasteiger partial charge on any atom is -0.236 e. The Morgan fingerprint density at radius 1 is 0.864 bits per heavy atom. The molecule has 0 aliphatic carbocycles. The van der Waals surface area contributed by atoms with Gasteiger partial charge in [-0.3, -0.25) is 0 Å². The molecule has 22 heavy (non-hydrogen) atoms. The van der Waals surface area contributed by atoms with Crippen molar-refractivity contribution in [3.05, 3.63) is 48.3 Å². The van der Waals surface area contributed by atoms with Gasteiger partial charge in [0.25, 0.3) is 0 Å². The van der Waals surface area contributed by atoms with Crippen LogP contribution in [-0.2, 0) is 0 Å². The highest BCUT2D eigenvalue weighted by Gasteiger charge is 2.07. The van der Waals surface area contributed by atoms with E-state index in [-0.39, 0.29) is 0 Å². The summed E-state index contributed by atoms with van der Waals surface area (Å²) in [5, 5.41) is 0. The molecule has 0 aliphatic rings.